The van der Waals surface area contributed by atoms with Crippen LogP contribution in [-0.4, -0.2) is 17.6 Å². The summed E-state index contributed by atoms with van der Waals surface area (Å²) in [6.07, 6.45) is 5.96. The standard InChI is InChI=1S/C15H23NO3/c1-4-18-15(17)13-12(10(2)3)16-14(19-13)11-8-6-5-7-9-11/h10-11H,4-9H2,1-3H3. The highest BCUT2D eigenvalue weighted by atomic mass is 16.5. The minimum absolute atomic E-state index is 0.167. The van der Waals surface area contributed by atoms with Crippen LogP contribution in [0, 0.1) is 0 Å². The first-order valence-electron chi connectivity index (χ1n) is 7.31. The molecule has 0 aromatic carbocycles. The maximum atomic E-state index is 11.9. The zero-order chi connectivity index (χ0) is 13.8. The average Bonchev–Trinajstić information content (AvgIpc) is 2.85. The molecule has 4 heteroatoms. The summed E-state index contributed by atoms with van der Waals surface area (Å²) >= 11 is 0. The SMILES string of the molecule is CCOC(=O)c1oc(C2CCCCC2)nc1C(C)C. The number of carbonyl (C=O) groups is 1. The molecular formula is C15H23NO3. The van der Waals surface area contributed by atoms with E-state index in [0.717, 1.165) is 24.4 Å². The molecule has 1 aromatic rings. The van der Waals surface area contributed by atoms with Crippen LogP contribution in [0.5, 0.6) is 0 Å². The molecule has 19 heavy (non-hydrogen) atoms. The van der Waals surface area contributed by atoms with Crippen molar-refractivity contribution in [3.8, 4) is 0 Å². The molecule has 0 N–H and O–H groups in total. The van der Waals surface area contributed by atoms with Crippen molar-refractivity contribution in [3.05, 3.63) is 17.3 Å². The number of esters is 1. The molecule has 1 saturated carbocycles. The van der Waals surface area contributed by atoms with Gasteiger partial charge >= 0.3 is 5.97 Å². The molecule has 0 unspecified atom stereocenters. The van der Waals surface area contributed by atoms with Crippen molar-refractivity contribution in [2.75, 3.05) is 6.61 Å². The first kappa shape index (κ1) is 14.1. The van der Waals surface area contributed by atoms with E-state index >= 15 is 0 Å². The van der Waals surface area contributed by atoms with Crippen LogP contribution < -0.4 is 0 Å². The van der Waals surface area contributed by atoms with Gasteiger partial charge in [0.2, 0.25) is 5.76 Å². The Morgan fingerprint density at radius 2 is 2.05 bits per heavy atom. The molecule has 2 rings (SSSR count). The van der Waals surface area contributed by atoms with Gasteiger partial charge in [-0.05, 0) is 25.7 Å². The highest BCUT2D eigenvalue weighted by Gasteiger charge is 2.27. The highest BCUT2D eigenvalue weighted by molar-refractivity contribution is 5.87. The molecule has 0 aliphatic heterocycles. The van der Waals surface area contributed by atoms with Crippen LogP contribution in [0.15, 0.2) is 4.42 Å². The number of ether oxygens (including phenoxy) is 1. The van der Waals surface area contributed by atoms with Crippen molar-refractivity contribution in [2.45, 2.75) is 64.7 Å². The van der Waals surface area contributed by atoms with Gasteiger partial charge in [0.05, 0.1) is 12.3 Å². The Balaban J connectivity index is 2.26. The summed E-state index contributed by atoms with van der Waals surface area (Å²) in [6, 6.07) is 0. The number of oxazole rings is 1. The number of rotatable bonds is 4. The molecular weight excluding hydrogens is 242 g/mol. The Morgan fingerprint density at radius 1 is 1.37 bits per heavy atom. The second-order valence-corrected chi connectivity index (χ2v) is 5.48. The fourth-order valence-corrected chi connectivity index (χ4v) is 2.61. The molecule has 1 aliphatic carbocycles. The number of hydrogen-bond donors (Lipinski definition) is 0. The van der Waals surface area contributed by atoms with Gasteiger partial charge < -0.3 is 9.15 Å². The van der Waals surface area contributed by atoms with Crippen molar-refractivity contribution in [2.24, 2.45) is 0 Å². The summed E-state index contributed by atoms with van der Waals surface area (Å²) in [5.74, 6) is 1.18. The summed E-state index contributed by atoms with van der Waals surface area (Å²) < 4.78 is 10.8. The first-order chi connectivity index (χ1) is 9.13. The van der Waals surface area contributed by atoms with E-state index in [1.807, 2.05) is 13.8 Å². The fraction of sp³-hybridized carbons (Fsp3) is 0.733. The minimum atomic E-state index is -0.388. The molecule has 0 bridgehead atoms. The molecule has 1 aromatic heterocycles. The van der Waals surface area contributed by atoms with E-state index in [4.69, 9.17) is 9.15 Å². The molecule has 1 aliphatic rings. The third kappa shape index (κ3) is 3.17. The lowest BCUT2D eigenvalue weighted by atomic mass is 9.89. The summed E-state index contributed by atoms with van der Waals surface area (Å²) in [5, 5.41) is 0. The first-order valence-corrected chi connectivity index (χ1v) is 7.31. The van der Waals surface area contributed by atoms with Crippen molar-refractivity contribution < 1.29 is 13.9 Å². The normalized spacial score (nSPS) is 16.8. The van der Waals surface area contributed by atoms with E-state index in [1.54, 1.807) is 6.92 Å². The second kappa shape index (κ2) is 6.22. The maximum absolute atomic E-state index is 11.9. The smallest absolute Gasteiger partial charge is 0.376 e. The highest BCUT2D eigenvalue weighted by Crippen LogP contribution is 2.34. The van der Waals surface area contributed by atoms with Crippen molar-refractivity contribution >= 4 is 5.97 Å². The Labute approximate surface area is 114 Å². The Hall–Kier alpha value is -1.32. The maximum Gasteiger partial charge on any atom is 0.376 e. The van der Waals surface area contributed by atoms with E-state index in [9.17, 15) is 4.79 Å². The number of aromatic nitrogens is 1. The van der Waals surface area contributed by atoms with E-state index in [1.165, 1.54) is 19.3 Å². The van der Waals surface area contributed by atoms with Crippen LogP contribution in [0.4, 0.5) is 0 Å². The van der Waals surface area contributed by atoms with Crippen LogP contribution >= 0.6 is 0 Å². The van der Waals surface area contributed by atoms with Crippen LogP contribution in [0.3, 0.4) is 0 Å². The summed E-state index contributed by atoms with van der Waals surface area (Å²) in [5.41, 5.74) is 0.735. The van der Waals surface area contributed by atoms with Gasteiger partial charge in [0.25, 0.3) is 0 Å². The molecule has 4 nitrogen and oxygen atoms in total. The average molecular weight is 265 g/mol. The quantitative estimate of drug-likeness (QED) is 0.771. The van der Waals surface area contributed by atoms with Gasteiger partial charge in [0.15, 0.2) is 5.89 Å². The predicted molar refractivity (Wildman–Crippen MR) is 72.4 cm³/mol. The van der Waals surface area contributed by atoms with Gasteiger partial charge in [-0.25, -0.2) is 9.78 Å². The Bertz CT molecular complexity index is 431. The van der Waals surface area contributed by atoms with E-state index < -0.39 is 0 Å². The zero-order valence-corrected chi connectivity index (χ0v) is 12.1. The summed E-state index contributed by atoms with van der Waals surface area (Å²) in [6.45, 7) is 6.19. The van der Waals surface area contributed by atoms with Crippen LogP contribution in [-0.2, 0) is 4.74 Å². The topological polar surface area (TPSA) is 52.3 Å². The van der Waals surface area contributed by atoms with Crippen molar-refractivity contribution in [1.29, 1.82) is 0 Å². The third-order valence-corrected chi connectivity index (χ3v) is 3.63. The van der Waals surface area contributed by atoms with Gasteiger partial charge in [-0.3, -0.25) is 0 Å². The predicted octanol–water partition coefficient (Wildman–Crippen LogP) is 4.02. The zero-order valence-electron chi connectivity index (χ0n) is 12.1. The fourth-order valence-electron chi connectivity index (χ4n) is 2.61. The van der Waals surface area contributed by atoms with Crippen LogP contribution in [0.2, 0.25) is 0 Å². The molecule has 1 heterocycles. The lowest BCUT2D eigenvalue weighted by molar-refractivity contribution is 0.0484. The lowest BCUT2D eigenvalue weighted by Gasteiger charge is -2.17. The molecule has 0 saturated heterocycles. The summed E-state index contributed by atoms with van der Waals surface area (Å²) in [7, 11) is 0. The van der Waals surface area contributed by atoms with E-state index in [-0.39, 0.29) is 11.9 Å². The van der Waals surface area contributed by atoms with E-state index in [0.29, 0.717) is 18.3 Å². The van der Waals surface area contributed by atoms with E-state index in [2.05, 4.69) is 4.98 Å². The molecule has 0 amide bonds. The van der Waals surface area contributed by atoms with Gasteiger partial charge in [-0.2, -0.15) is 0 Å². The Morgan fingerprint density at radius 3 is 2.63 bits per heavy atom. The van der Waals surface area contributed by atoms with Crippen molar-refractivity contribution in [3.63, 3.8) is 0 Å². The summed E-state index contributed by atoms with van der Waals surface area (Å²) in [4.78, 5) is 16.5. The lowest BCUT2D eigenvalue weighted by Crippen LogP contribution is -2.07. The minimum Gasteiger partial charge on any atom is -0.460 e. The molecule has 0 radical (unpaired) electrons. The van der Waals surface area contributed by atoms with Crippen LogP contribution in [0.1, 0.15) is 86.9 Å². The largest absolute Gasteiger partial charge is 0.460 e. The number of carbonyl (C=O) groups excluding carboxylic acids is 1. The van der Waals surface area contributed by atoms with Gasteiger partial charge in [-0.15, -0.1) is 0 Å². The molecule has 0 atom stereocenters. The number of hydrogen-bond acceptors (Lipinski definition) is 4. The Kier molecular flexibility index (Phi) is 4.61. The van der Waals surface area contributed by atoms with Crippen LogP contribution in [0.25, 0.3) is 0 Å². The van der Waals surface area contributed by atoms with Gasteiger partial charge in [0, 0.05) is 5.92 Å². The third-order valence-electron chi connectivity index (χ3n) is 3.63. The van der Waals surface area contributed by atoms with Gasteiger partial charge in [-0.1, -0.05) is 33.1 Å². The second-order valence-electron chi connectivity index (χ2n) is 5.48. The molecule has 0 spiro atoms. The monoisotopic (exact) mass is 265 g/mol. The van der Waals surface area contributed by atoms with Crippen molar-refractivity contribution in [1.82, 2.24) is 4.98 Å². The van der Waals surface area contributed by atoms with Gasteiger partial charge in [0.1, 0.15) is 0 Å². The number of nitrogens with zero attached hydrogens (tertiary/aromatic N) is 1. The molecule has 106 valence electrons. The molecule has 1 fully saturated rings.